The van der Waals surface area contributed by atoms with E-state index in [1.165, 1.54) is 16.2 Å². The van der Waals surface area contributed by atoms with Gasteiger partial charge in [0.1, 0.15) is 4.88 Å². The number of aromatic nitrogens is 6. The zero-order valence-electron chi connectivity index (χ0n) is 10.8. The minimum absolute atomic E-state index is 0.0404. The van der Waals surface area contributed by atoms with Crippen LogP contribution >= 0.6 is 11.5 Å². The van der Waals surface area contributed by atoms with Crippen LogP contribution < -0.4 is 0 Å². The van der Waals surface area contributed by atoms with Crippen molar-refractivity contribution >= 4 is 17.5 Å². The molecule has 0 radical (unpaired) electrons. The van der Waals surface area contributed by atoms with E-state index in [4.69, 9.17) is 5.11 Å². The molecule has 0 aliphatic heterocycles. The fourth-order valence-corrected chi connectivity index (χ4v) is 2.51. The largest absolute Gasteiger partial charge is 0.481 e. The second-order valence-corrected chi connectivity index (χ2v) is 5.29. The van der Waals surface area contributed by atoms with Crippen molar-refractivity contribution in [3.8, 4) is 10.7 Å². The lowest BCUT2D eigenvalue weighted by Crippen LogP contribution is -2.13. The third-order valence-electron chi connectivity index (χ3n) is 2.64. The van der Waals surface area contributed by atoms with E-state index in [0.29, 0.717) is 5.82 Å². The molecule has 0 saturated heterocycles. The van der Waals surface area contributed by atoms with E-state index in [1.807, 2.05) is 13.8 Å². The molecule has 9 heteroatoms. The number of tetrazole rings is 1. The SMILES string of the molecule is CC(C)c1nnsc1-c1nnnn1C(C)CC(=O)O. The van der Waals surface area contributed by atoms with Gasteiger partial charge in [-0.2, -0.15) is 0 Å². The number of hydrogen-bond donors (Lipinski definition) is 1. The molecule has 0 aromatic carbocycles. The first-order chi connectivity index (χ1) is 9.00. The molecule has 19 heavy (non-hydrogen) atoms. The van der Waals surface area contributed by atoms with Crippen molar-refractivity contribution in [3.05, 3.63) is 5.69 Å². The topological polar surface area (TPSA) is 107 Å². The van der Waals surface area contributed by atoms with E-state index in [-0.39, 0.29) is 18.4 Å². The first-order valence-corrected chi connectivity index (χ1v) is 6.60. The Morgan fingerprint density at radius 1 is 1.37 bits per heavy atom. The van der Waals surface area contributed by atoms with Crippen LogP contribution in [-0.2, 0) is 4.79 Å². The second kappa shape index (κ2) is 5.39. The summed E-state index contributed by atoms with van der Waals surface area (Å²) in [6.45, 7) is 5.78. The average molecular weight is 282 g/mol. The fraction of sp³-hybridized carbons (Fsp3) is 0.600. The number of carboxylic acids is 1. The van der Waals surface area contributed by atoms with Crippen molar-refractivity contribution in [1.29, 1.82) is 0 Å². The van der Waals surface area contributed by atoms with Gasteiger partial charge in [0.25, 0.3) is 0 Å². The molecule has 1 unspecified atom stereocenters. The maximum atomic E-state index is 10.8. The minimum atomic E-state index is -0.888. The maximum absolute atomic E-state index is 10.8. The van der Waals surface area contributed by atoms with Gasteiger partial charge in [-0.1, -0.05) is 18.3 Å². The zero-order chi connectivity index (χ0) is 14.0. The fourth-order valence-electron chi connectivity index (χ4n) is 1.71. The quantitative estimate of drug-likeness (QED) is 0.881. The van der Waals surface area contributed by atoms with Gasteiger partial charge in [-0.25, -0.2) is 4.68 Å². The monoisotopic (exact) mass is 282 g/mol. The molecule has 8 nitrogen and oxygen atoms in total. The van der Waals surface area contributed by atoms with Crippen molar-refractivity contribution in [2.24, 2.45) is 0 Å². The summed E-state index contributed by atoms with van der Waals surface area (Å²) in [5.74, 6) is -0.165. The molecule has 1 N–H and O–H groups in total. The van der Waals surface area contributed by atoms with Gasteiger partial charge < -0.3 is 5.11 Å². The van der Waals surface area contributed by atoms with Crippen LogP contribution in [0.15, 0.2) is 0 Å². The van der Waals surface area contributed by atoms with Crippen LogP contribution in [0.4, 0.5) is 0 Å². The molecule has 0 aliphatic carbocycles. The van der Waals surface area contributed by atoms with Crippen LogP contribution in [0.5, 0.6) is 0 Å². The predicted molar refractivity (Wildman–Crippen MR) is 67.8 cm³/mol. The number of nitrogens with zero attached hydrogens (tertiary/aromatic N) is 6. The Kier molecular flexibility index (Phi) is 3.84. The van der Waals surface area contributed by atoms with Crippen LogP contribution in [0.1, 0.15) is 44.8 Å². The third kappa shape index (κ3) is 2.75. The van der Waals surface area contributed by atoms with E-state index < -0.39 is 5.97 Å². The number of hydrogen-bond acceptors (Lipinski definition) is 7. The number of carbonyl (C=O) groups is 1. The van der Waals surface area contributed by atoms with Gasteiger partial charge in [0, 0.05) is 0 Å². The number of aliphatic carboxylic acids is 1. The van der Waals surface area contributed by atoms with Crippen molar-refractivity contribution in [1.82, 2.24) is 29.8 Å². The van der Waals surface area contributed by atoms with Gasteiger partial charge in [-0.15, -0.1) is 10.2 Å². The first kappa shape index (κ1) is 13.5. The summed E-state index contributed by atoms with van der Waals surface area (Å²) in [5.41, 5.74) is 0.823. The summed E-state index contributed by atoms with van der Waals surface area (Å²) < 4.78 is 5.44. The van der Waals surface area contributed by atoms with Crippen molar-refractivity contribution < 1.29 is 9.90 Å². The van der Waals surface area contributed by atoms with Crippen molar-refractivity contribution in [2.45, 2.75) is 39.2 Å². The molecule has 2 heterocycles. The maximum Gasteiger partial charge on any atom is 0.305 e. The molecule has 0 fully saturated rings. The first-order valence-electron chi connectivity index (χ1n) is 5.83. The Morgan fingerprint density at radius 3 is 2.74 bits per heavy atom. The van der Waals surface area contributed by atoms with Crippen LogP contribution in [0.25, 0.3) is 10.7 Å². The highest BCUT2D eigenvalue weighted by molar-refractivity contribution is 7.09. The summed E-state index contributed by atoms with van der Waals surface area (Å²) in [6, 6.07) is -0.329. The lowest BCUT2D eigenvalue weighted by Gasteiger charge is -2.10. The highest BCUT2D eigenvalue weighted by atomic mass is 32.1. The Morgan fingerprint density at radius 2 is 2.11 bits per heavy atom. The van der Waals surface area contributed by atoms with Crippen LogP contribution in [0, 0.1) is 0 Å². The second-order valence-electron chi connectivity index (χ2n) is 4.54. The predicted octanol–water partition coefficient (Wildman–Crippen LogP) is 1.35. The highest BCUT2D eigenvalue weighted by Gasteiger charge is 2.22. The van der Waals surface area contributed by atoms with E-state index in [2.05, 4.69) is 25.1 Å². The molecule has 0 amide bonds. The molecule has 1 atom stereocenters. The number of rotatable bonds is 5. The molecule has 0 spiro atoms. The normalized spacial score (nSPS) is 12.8. The molecule has 0 saturated carbocycles. The van der Waals surface area contributed by atoms with E-state index in [0.717, 1.165) is 10.6 Å². The molecule has 2 aromatic rings. The Balaban J connectivity index is 2.38. The molecule has 2 aromatic heterocycles. The van der Waals surface area contributed by atoms with Crippen LogP contribution in [0.2, 0.25) is 0 Å². The van der Waals surface area contributed by atoms with E-state index >= 15 is 0 Å². The summed E-state index contributed by atoms with van der Waals surface area (Å²) in [7, 11) is 0. The third-order valence-corrected chi connectivity index (χ3v) is 3.38. The smallest absolute Gasteiger partial charge is 0.305 e. The van der Waals surface area contributed by atoms with Gasteiger partial charge >= 0.3 is 5.97 Å². The lowest BCUT2D eigenvalue weighted by atomic mass is 10.1. The minimum Gasteiger partial charge on any atom is -0.481 e. The highest BCUT2D eigenvalue weighted by Crippen LogP contribution is 2.30. The lowest BCUT2D eigenvalue weighted by molar-refractivity contribution is -0.137. The van der Waals surface area contributed by atoms with Crippen molar-refractivity contribution in [2.75, 3.05) is 0 Å². The number of carboxylic acid groups (broad SMARTS) is 1. The summed E-state index contributed by atoms with van der Waals surface area (Å²) in [5, 5.41) is 24.4. The standard InChI is InChI=1S/C10H14N6O2S/c1-5(2)8-9(19-15-11-8)10-12-13-14-16(10)6(3)4-7(17)18/h5-6H,4H2,1-3H3,(H,17,18). The Hall–Kier alpha value is -1.90. The molecular formula is C10H14N6O2S. The summed E-state index contributed by atoms with van der Waals surface area (Å²) >= 11 is 1.21. The zero-order valence-corrected chi connectivity index (χ0v) is 11.6. The van der Waals surface area contributed by atoms with E-state index in [1.54, 1.807) is 6.92 Å². The van der Waals surface area contributed by atoms with Gasteiger partial charge in [-0.05, 0) is 34.8 Å². The molecule has 0 aliphatic rings. The Bertz CT molecular complexity index is 578. The van der Waals surface area contributed by atoms with Crippen LogP contribution in [0.3, 0.4) is 0 Å². The molecule has 0 bridgehead atoms. The summed E-state index contributed by atoms with van der Waals surface area (Å²) in [4.78, 5) is 11.6. The van der Waals surface area contributed by atoms with E-state index in [9.17, 15) is 4.79 Å². The van der Waals surface area contributed by atoms with Gasteiger partial charge in [0.05, 0.1) is 18.2 Å². The van der Waals surface area contributed by atoms with Crippen molar-refractivity contribution in [3.63, 3.8) is 0 Å². The van der Waals surface area contributed by atoms with Crippen LogP contribution in [-0.4, -0.2) is 40.9 Å². The van der Waals surface area contributed by atoms with Gasteiger partial charge in [-0.3, -0.25) is 4.79 Å². The molecule has 102 valence electrons. The Labute approximate surface area is 113 Å². The van der Waals surface area contributed by atoms with Gasteiger partial charge in [0.15, 0.2) is 5.82 Å². The molecular weight excluding hydrogens is 268 g/mol. The summed E-state index contributed by atoms with van der Waals surface area (Å²) in [6.07, 6.45) is -0.0404. The molecule has 2 rings (SSSR count). The van der Waals surface area contributed by atoms with Gasteiger partial charge in [0.2, 0.25) is 0 Å². The average Bonchev–Trinajstić information content (AvgIpc) is 2.96.